The molecule has 1 heterocycles. The quantitative estimate of drug-likeness (QED) is 0.716. The second-order valence-corrected chi connectivity index (χ2v) is 5.34. The number of carbonyl (C=O) groups is 1. The van der Waals surface area contributed by atoms with Gasteiger partial charge in [-0.05, 0) is 20.5 Å². The number of carboxylic acid groups (broad SMARTS) is 1. The Hall–Kier alpha value is -0.650. The summed E-state index contributed by atoms with van der Waals surface area (Å²) < 4.78 is 0. The Bertz CT molecular complexity index is 251. The number of nitrogens with zero attached hydrogens (tertiary/aromatic N) is 3. The van der Waals surface area contributed by atoms with E-state index in [1.807, 2.05) is 0 Å². The van der Waals surface area contributed by atoms with Gasteiger partial charge in [0, 0.05) is 45.3 Å². The van der Waals surface area contributed by atoms with Gasteiger partial charge in [-0.3, -0.25) is 14.6 Å². The summed E-state index contributed by atoms with van der Waals surface area (Å²) in [7, 11) is 4.19. The lowest BCUT2D eigenvalue weighted by molar-refractivity contribution is -0.138. The first-order valence-corrected chi connectivity index (χ1v) is 6.85. The molecule has 1 unspecified atom stereocenters. The maximum atomic E-state index is 10.8. The van der Waals surface area contributed by atoms with E-state index in [9.17, 15) is 4.79 Å². The van der Waals surface area contributed by atoms with Gasteiger partial charge in [0.25, 0.3) is 0 Å². The Balaban J connectivity index is 2.30. The van der Waals surface area contributed by atoms with Crippen LogP contribution in [0, 0.1) is 0 Å². The van der Waals surface area contributed by atoms with E-state index in [0.717, 1.165) is 45.7 Å². The Morgan fingerprint density at radius 2 is 1.89 bits per heavy atom. The van der Waals surface area contributed by atoms with Crippen LogP contribution in [0.25, 0.3) is 0 Å². The van der Waals surface area contributed by atoms with Gasteiger partial charge in [0.15, 0.2) is 0 Å². The second-order valence-electron chi connectivity index (χ2n) is 5.34. The van der Waals surface area contributed by atoms with Crippen molar-refractivity contribution in [1.82, 2.24) is 14.7 Å². The minimum Gasteiger partial charge on any atom is -0.481 e. The predicted octanol–water partition coefficient (Wildman–Crippen LogP) is 0.419. The van der Waals surface area contributed by atoms with Crippen molar-refractivity contribution in [2.75, 3.05) is 53.4 Å². The third-order valence-corrected chi connectivity index (χ3v) is 3.67. The van der Waals surface area contributed by atoms with Crippen LogP contribution in [0.2, 0.25) is 0 Å². The van der Waals surface area contributed by atoms with Crippen molar-refractivity contribution in [1.29, 1.82) is 0 Å². The number of piperazine rings is 1. The first-order valence-electron chi connectivity index (χ1n) is 6.85. The molecule has 1 N–H and O–H groups in total. The molecule has 0 aliphatic carbocycles. The van der Waals surface area contributed by atoms with E-state index in [4.69, 9.17) is 5.11 Å². The minimum absolute atomic E-state index is 0.207. The van der Waals surface area contributed by atoms with Crippen molar-refractivity contribution in [3.63, 3.8) is 0 Å². The van der Waals surface area contributed by atoms with E-state index in [2.05, 4.69) is 35.7 Å². The van der Waals surface area contributed by atoms with E-state index >= 15 is 0 Å². The standard InChI is InChI=1S/C13H27N3O2/c1-4-12(11-13(17)18)16-9-7-15(8-10-16)6-5-14(2)3/h12H,4-11H2,1-3H3,(H,17,18). The molecule has 1 aliphatic heterocycles. The SMILES string of the molecule is CCC(CC(=O)O)N1CCN(CCN(C)C)CC1. The molecule has 0 saturated carbocycles. The van der Waals surface area contributed by atoms with Gasteiger partial charge >= 0.3 is 5.97 Å². The highest BCUT2D eigenvalue weighted by molar-refractivity contribution is 5.67. The Morgan fingerprint density at radius 3 is 2.33 bits per heavy atom. The molecule has 5 heteroatoms. The highest BCUT2D eigenvalue weighted by Crippen LogP contribution is 2.12. The van der Waals surface area contributed by atoms with Gasteiger partial charge in [0.2, 0.25) is 0 Å². The van der Waals surface area contributed by atoms with Crippen LogP contribution in [0.5, 0.6) is 0 Å². The normalized spacial score (nSPS) is 20.2. The summed E-state index contributed by atoms with van der Waals surface area (Å²) in [5.41, 5.74) is 0. The molecule has 0 radical (unpaired) electrons. The second kappa shape index (κ2) is 7.71. The van der Waals surface area contributed by atoms with Crippen LogP contribution < -0.4 is 0 Å². The number of rotatable bonds is 7. The lowest BCUT2D eigenvalue weighted by Crippen LogP contribution is -2.51. The van der Waals surface area contributed by atoms with E-state index in [1.54, 1.807) is 0 Å². The Morgan fingerprint density at radius 1 is 1.28 bits per heavy atom. The van der Waals surface area contributed by atoms with Gasteiger partial charge in [-0.25, -0.2) is 0 Å². The summed E-state index contributed by atoms with van der Waals surface area (Å²) in [6, 6.07) is 0.207. The maximum absolute atomic E-state index is 10.8. The van der Waals surface area contributed by atoms with E-state index < -0.39 is 5.97 Å². The van der Waals surface area contributed by atoms with Gasteiger partial charge in [-0.15, -0.1) is 0 Å². The smallest absolute Gasteiger partial charge is 0.304 e. The summed E-state index contributed by atoms with van der Waals surface area (Å²) in [4.78, 5) is 17.8. The number of aliphatic carboxylic acids is 1. The summed E-state index contributed by atoms with van der Waals surface area (Å²) >= 11 is 0. The first-order chi connectivity index (χ1) is 8.52. The molecule has 0 bridgehead atoms. The Kier molecular flexibility index (Phi) is 6.60. The van der Waals surface area contributed by atoms with Crippen LogP contribution in [0.15, 0.2) is 0 Å². The molecule has 0 spiro atoms. The molecule has 1 rings (SSSR count). The van der Waals surface area contributed by atoms with Gasteiger partial charge in [0.1, 0.15) is 0 Å². The number of hydrogen-bond donors (Lipinski definition) is 1. The van der Waals surface area contributed by atoms with Gasteiger partial charge in [-0.1, -0.05) is 6.92 Å². The summed E-state index contributed by atoms with van der Waals surface area (Å²) in [5.74, 6) is -0.683. The molecule has 0 aromatic carbocycles. The van der Waals surface area contributed by atoms with E-state index in [1.165, 1.54) is 0 Å². The van der Waals surface area contributed by atoms with Crippen LogP contribution in [-0.2, 0) is 4.79 Å². The molecule has 1 atom stereocenters. The first kappa shape index (κ1) is 15.4. The third-order valence-electron chi connectivity index (χ3n) is 3.67. The number of likely N-dealkylation sites (N-methyl/N-ethyl adjacent to an activating group) is 1. The van der Waals surface area contributed by atoms with Gasteiger partial charge < -0.3 is 10.0 Å². The molecule has 5 nitrogen and oxygen atoms in total. The molecular formula is C13H27N3O2. The predicted molar refractivity (Wildman–Crippen MR) is 72.9 cm³/mol. The van der Waals surface area contributed by atoms with Crippen molar-refractivity contribution in [3.05, 3.63) is 0 Å². The zero-order valence-electron chi connectivity index (χ0n) is 11.9. The summed E-state index contributed by atoms with van der Waals surface area (Å²) in [6.45, 7) is 8.39. The molecule has 0 aromatic heterocycles. The van der Waals surface area contributed by atoms with E-state index in [0.29, 0.717) is 0 Å². The summed E-state index contributed by atoms with van der Waals surface area (Å²) in [6.07, 6.45) is 1.19. The number of carboxylic acids is 1. The topological polar surface area (TPSA) is 47.0 Å². The molecule has 1 aliphatic rings. The van der Waals surface area contributed by atoms with Crippen LogP contribution in [-0.4, -0.2) is 85.2 Å². The number of hydrogen-bond acceptors (Lipinski definition) is 4. The zero-order chi connectivity index (χ0) is 13.5. The third kappa shape index (κ3) is 5.33. The fourth-order valence-electron chi connectivity index (χ4n) is 2.43. The fraction of sp³-hybridized carbons (Fsp3) is 0.923. The highest BCUT2D eigenvalue weighted by atomic mass is 16.4. The fourth-order valence-corrected chi connectivity index (χ4v) is 2.43. The highest BCUT2D eigenvalue weighted by Gasteiger charge is 2.24. The zero-order valence-corrected chi connectivity index (χ0v) is 11.9. The minimum atomic E-state index is -0.683. The monoisotopic (exact) mass is 257 g/mol. The molecule has 0 aromatic rings. The lowest BCUT2D eigenvalue weighted by Gasteiger charge is -2.39. The van der Waals surface area contributed by atoms with Crippen LogP contribution in [0.4, 0.5) is 0 Å². The molecule has 106 valence electrons. The average Bonchev–Trinajstić information content (AvgIpc) is 2.34. The largest absolute Gasteiger partial charge is 0.481 e. The van der Waals surface area contributed by atoms with Crippen molar-refractivity contribution in [2.24, 2.45) is 0 Å². The van der Waals surface area contributed by atoms with Gasteiger partial charge in [0.05, 0.1) is 6.42 Å². The van der Waals surface area contributed by atoms with Crippen LogP contribution >= 0.6 is 0 Å². The molecule has 1 fully saturated rings. The van der Waals surface area contributed by atoms with Crippen molar-refractivity contribution >= 4 is 5.97 Å². The summed E-state index contributed by atoms with van der Waals surface area (Å²) in [5, 5.41) is 8.90. The van der Waals surface area contributed by atoms with Crippen LogP contribution in [0.1, 0.15) is 19.8 Å². The Labute approximate surface area is 110 Å². The van der Waals surface area contributed by atoms with Crippen molar-refractivity contribution < 1.29 is 9.90 Å². The molecular weight excluding hydrogens is 230 g/mol. The molecule has 18 heavy (non-hydrogen) atoms. The van der Waals surface area contributed by atoms with Crippen molar-refractivity contribution in [3.8, 4) is 0 Å². The molecule has 0 amide bonds. The van der Waals surface area contributed by atoms with Crippen molar-refractivity contribution in [2.45, 2.75) is 25.8 Å². The van der Waals surface area contributed by atoms with E-state index in [-0.39, 0.29) is 12.5 Å². The lowest BCUT2D eigenvalue weighted by atomic mass is 10.1. The maximum Gasteiger partial charge on any atom is 0.304 e. The van der Waals surface area contributed by atoms with Gasteiger partial charge in [-0.2, -0.15) is 0 Å². The average molecular weight is 257 g/mol. The molecule has 1 saturated heterocycles. The van der Waals surface area contributed by atoms with Crippen LogP contribution in [0.3, 0.4) is 0 Å².